The number of hydrogen-bond donors (Lipinski definition) is 1. The molecule has 1 rings (SSSR count). The van der Waals surface area contributed by atoms with Gasteiger partial charge in [0.25, 0.3) is 0 Å². The van der Waals surface area contributed by atoms with Crippen molar-refractivity contribution >= 4 is 14.4 Å². The molecule has 0 bridgehead atoms. The first kappa shape index (κ1) is 19.9. The van der Waals surface area contributed by atoms with Crippen LogP contribution in [0.3, 0.4) is 0 Å². The molecule has 4 heteroatoms. The molecule has 23 heavy (non-hydrogen) atoms. The molecule has 2 atom stereocenters. The summed E-state index contributed by atoms with van der Waals surface area (Å²) in [6.45, 7) is 13.8. The standard InChI is InChI=1S/C19H32O3Si/c1-15(14-22-23(6,7)19(2,3)4)18(20)13-10-16-8-11-17(21-5)12-9-16/h8-13,15,18,20H,14H2,1-7H3/b13-10+/t15-,18-/m0/s1. The Hall–Kier alpha value is -1.10. The van der Waals surface area contributed by atoms with Crippen LogP contribution >= 0.6 is 0 Å². The van der Waals surface area contributed by atoms with Gasteiger partial charge in [0.15, 0.2) is 8.32 Å². The summed E-state index contributed by atoms with van der Waals surface area (Å²) in [5.41, 5.74) is 1.04. The van der Waals surface area contributed by atoms with Crippen molar-refractivity contribution in [1.82, 2.24) is 0 Å². The molecular weight excluding hydrogens is 304 g/mol. The summed E-state index contributed by atoms with van der Waals surface area (Å²) >= 11 is 0. The highest BCUT2D eigenvalue weighted by molar-refractivity contribution is 6.74. The SMILES string of the molecule is COc1ccc(/C=C/[C@H](O)[C@@H](C)CO[Si](C)(C)C(C)(C)C)cc1. The third-order valence-corrected chi connectivity index (χ3v) is 9.20. The summed E-state index contributed by atoms with van der Waals surface area (Å²) in [6, 6.07) is 7.77. The van der Waals surface area contributed by atoms with Crippen LogP contribution in [0.25, 0.3) is 6.08 Å². The van der Waals surface area contributed by atoms with Crippen molar-refractivity contribution in [3.63, 3.8) is 0 Å². The Kier molecular flexibility index (Phi) is 7.05. The highest BCUT2D eigenvalue weighted by atomic mass is 28.4. The van der Waals surface area contributed by atoms with Gasteiger partial charge in [-0.15, -0.1) is 0 Å². The highest BCUT2D eigenvalue weighted by Gasteiger charge is 2.37. The average molecular weight is 337 g/mol. The van der Waals surface area contributed by atoms with Crippen molar-refractivity contribution < 1.29 is 14.3 Å². The van der Waals surface area contributed by atoms with Crippen LogP contribution in [0.5, 0.6) is 5.75 Å². The lowest BCUT2D eigenvalue weighted by Crippen LogP contribution is -2.42. The van der Waals surface area contributed by atoms with Gasteiger partial charge in [0.2, 0.25) is 0 Å². The van der Waals surface area contributed by atoms with Crippen LogP contribution in [-0.4, -0.2) is 33.2 Å². The molecule has 0 aliphatic carbocycles. The molecule has 0 aliphatic heterocycles. The van der Waals surface area contributed by atoms with E-state index in [1.165, 1.54) is 0 Å². The fourth-order valence-electron chi connectivity index (χ4n) is 1.77. The van der Waals surface area contributed by atoms with E-state index in [4.69, 9.17) is 9.16 Å². The number of benzene rings is 1. The normalized spacial score (nSPS) is 15.7. The van der Waals surface area contributed by atoms with Crippen LogP contribution in [0.15, 0.2) is 30.3 Å². The summed E-state index contributed by atoms with van der Waals surface area (Å²) in [7, 11) is -0.109. The lowest BCUT2D eigenvalue weighted by atomic mass is 10.0. The molecule has 0 aliphatic rings. The molecule has 3 nitrogen and oxygen atoms in total. The molecule has 0 saturated heterocycles. The first-order valence-electron chi connectivity index (χ1n) is 8.21. The minimum Gasteiger partial charge on any atom is -0.497 e. The van der Waals surface area contributed by atoms with Crippen LogP contribution in [-0.2, 0) is 4.43 Å². The van der Waals surface area contributed by atoms with E-state index in [0.29, 0.717) is 6.61 Å². The molecule has 0 fully saturated rings. The predicted molar refractivity (Wildman–Crippen MR) is 100 cm³/mol. The molecule has 1 aromatic carbocycles. The molecular formula is C19H32O3Si. The topological polar surface area (TPSA) is 38.7 Å². The number of aliphatic hydroxyl groups excluding tert-OH is 1. The maximum absolute atomic E-state index is 10.3. The smallest absolute Gasteiger partial charge is 0.191 e. The molecule has 0 heterocycles. The predicted octanol–water partition coefficient (Wildman–Crippen LogP) is 4.73. The van der Waals surface area contributed by atoms with Crippen LogP contribution in [0, 0.1) is 5.92 Å². The van der Waals surface area contributed by atoms with Crippen molar-refractivity contribution in [1.29, 1.82) is 0 Å². The minimum absolute atomic E-state index is 0.0682. The third-order valence-electron chi connectivity index (χ3n) is 4.70. The molecule has 0 radical (unpaired) electrons. The minimum atomic E-state index is -1.76. The second-order valence-corrected chi connectivity index (χ2v) is 12.5. The molecule has 1 N–H and O–H groups in total. The average Bonchev–Trinajstić information content (AvgIpc) is 2.49. The lowest BCUT2D eigenvalue weighted by Gasteiger charge is -2.37. The van der Waals surface area contributed by atoms with Gasteiger partial charge in [-0.2, -0.15) is 0 Å². The van der Waals surface area contributed by atoms with Crippen molar-refractivity contribution in [2.75, 3.05) is 13.7 Å². The highest BCUT2D eigenvalue weighted by Crippen LogP contribution is 2.36. The Labute approximate surface area is 142 Å². The first-order valence-corrected chi connectivity index (χ1v) is 11.1. The molecule has 0 amide bonds. The maximum atomic E-state index is 10.3. The van der Waals surface area contributed by atoms with E-state index < -0.39 is 14.4 Å². The molecule has 130 valence electrons. The van der Waals surface area contributed by atoms with Gasteiger partial charge in [-0.3, -0.25) is 0 Å². The summed E-state index contributed by atoms with van der Waals surface area (Å²) in [5.74, 6) is 0.900. The Bertz CT molecular complexity index is 500. The van der Waals surface area contributed by atoms with E-state index in [9.17, 15) is 5.11 Å². The zero-order chi connectivity index (χ0) is 17.7. The Morgan fingerprint density at radius 2 is 1.74 bits per heavy atom. The van der Waals surface area contributed by atoms with Gasteiger partial charge in [0.1, 0.15) is 5.75 Å². The number of methoxy groups -OCH3 is 1. The van der Waals surface area contributed by atoms with Gasteiger partial charge in [-0.05, 0) is 35.8 Å². The van der Waals surface area contributed by atoms with Gasteiger partial charge < -0.3 is 14.3 Å². The van der Waals surface area contributed by atoms with E-state index >= 15 is 0 Å². The van der Waals surface area contributed by atoms with Gasteiger partial charge in [-0.1, -0.05) is 52.0 Å². The van der Waals surface area contributed by atoms with Crippen LogP contribution in [0.2, 0.25) is 18.1 Å². The lowest BCUT2D eigenvalue weighted by molar-refractivity contribution is 0.115. The Morgan fingerprint density at radius 1 is 1.17 bits per heavy atom. The van der Waals surface area contributed by atoms with E-state index in [1.54, 1.807) is 7.11 Å². The van der Waals surface area contributed by atoms with E-state index in [-0.39, 0.29) is 11.0 Å². The van der Waals surface area contributed by atoms with Gasteiger partial charge in [0, 0.05) is 12.5 Å². The van der Waals surface area contributed by atoms with Crippen LogP contribution in [0.1, 0.15) is 33.3 Å². The number of aliphatic hydroxyl groups is 1. The fourth-order valence-corrected chi connectivity index (χ4v) is 2.88. The van der Waals surface area contributed by atoms with Crippen molar-refractivity contribution in [3.8, 4) is 5.75 Å². The third kappa shape index (κ3) is 6.13. The second-order valence-electron chi connectivity index (χ2n) is 7.67. The van der Waals surface area contributed by atoms with Gasteiger partial charge in [-0.25, -0.2) is 0 Å². The summed E-state index contributed by atoms with van der Waals surface area (Å²) in [5, 5.41) is 10.5. The van der Waals surface area contributed by atoms with Crippen LogP contribution in [0.4, 0.5) is 0 Å². The summed E-state index contributed by atoms with van der Waals surface area (Å²) in [6.07, 6.45) is 3.26. The van der Waals surface area contributed by atoms with Gasteiger partial charge >= 0.3 is 0 Å². The molecule has 0 spiro atoms. The number of ether oxygens (including phenoxy) is 1. The number of hydrogen-bond acceptors (Lipinski definition) is 3. The molecule has 1 aromatic rings. The zero-order valence-corrected chi connectivity index (χ0v) is 16.6. The molecule has 0 unspecified atom stereocenters. The molecule has 0 saturated carbocycles. The monoisotopic (exact) mass is 336 g/mol. The fraction of sp³-hybridized carbons (Fsp3) is 0.579. The van der Waals surface area contributed by atoms with Crippen LogP contribution < -0.4 is 4.74 Å². The first-order chi connectivity index (χ1) is 10.6. The number of rotatable bonds is 7. The summed E-state index contributed by atoms with van der Waals surface area (Å²) < 4.78 is 11.3. The van der Waals surface area contributed by atoms with E-state index in [2.05, 4.69) is 33.9 Å². The Morgan fingerprint density at radius 3 is 2.22 bits per heavy atom. The summed E-state index contributed by atoms with van der Waals surface area (Å²) in [4.78, 5) is 0. The maximum Gasteiger partial charge on any atom is 0.191 e. The quantitative estimate of drug-likeness (QED) is 0.732. The van der Waals surface area contributed by atoms with Gasteiger partial charge in [0.05, 0.1) is 13.2 Å². The van der Waals surface area contributed by atoms with E-state index in [1.807, 2.05) is 43.3 Å². The van der Waals surface area contributed by atoms with Crippen molar-refractivity contribution in [2.24, 2.45) is 5.92 Å². The van der Waals surface area contributed by atoms with Crippen molar-refractivity contribution in [2.45, 2.75) is 51.9 Å². The Balaban J connectivity index is 2.56. The van der Waals surface area contributed by atoms with E-state index in [0.717, 1.165) is 11.3 Å². The molecule has 0 aromatic heterocycles. The van der Waals surface area contributed by atoms with Crippen molar-refractivity contribution in [3.05, 3.63) is 35.9 Å². The zero-order valence-electron chi connectivity index (χ0n) is 15.6. The largest absolute Gasteiger partial charge is 0.497 e. The second kappa shape index (κ2) is 8.13.